The van der Waals surface area contributed by atoms with E-state index in [-0.39, 0.29) is 18.2 Å². The first-order valence-corrected chi connectivity index (χ1v) is 10.1. The number of hydrogen-bond acceptors (Lipinski definition) is 4. The van der Waals surface area contributed by atoms with Crippen LogP contribution in [0.4, 0.5) is 11.4 Å². The lowest BCUT2D eigenvalue weighted by Gasteiger charge is -2.34. The molecule has 0 saturated heterocycles. The molecule has 1 N–H and O–H groups in total. The van der Waals surface area contributed by atoms with E-state index in [1.54, 1.807) is 31.2 Å². The van der Waals surface area contributed by atoms with Crippen LogP contribution in [0.2, 0.25) is 0 Å². The monoisotopic (exact) mass is 374 g/mol. The Labute approximate surface area is 153 Å². The highest BCUT2D eigenvalue weighted by molar-refractivity contribution is 7.92. The van der Waals surface area contributed by atoms with Gasteiger partial charge in [0.15, 0.2) is 6.10 Å². The first-order valence-electron chi connectivity index (χ1n) is 8.46. The van der Waals surface area contributed by atoms with Crippen molar-refractivity contribution < 1.29 is 17.9 Å². The number of aryl methyl sites for hydroxylation is 2. The van der Waals surface area contributed by atoms with Crippen molar-refractivity contribution in [3.05, 3.63) is 53.6 Å². The van der Waals surface area contributed by atoms with Crippen molar-refractivity contribution >= 4 is 27.3 Å². The number of ether oxygens (including phenoxy) is 1. The van der Waals surface area contributed by atoms with Gasteiger partial charge in [-0.3, -0.25) is 9.10 Å². The van der Waals surface area contributed by atoms with E-state index < -0.39 is 16.1 Å². The highest BCUT2D eigenvalue weighted by Crippen LogP contribution is 2.35. The van der Waals surface area contributed by atoms with Crippen LogP contribution in [-0.4, -0.2) is 32.7 Å². The average molecular weight is 374 g/mol. The van der Waals surface area contributed by atoms with E-state index in [1.807, 2.05) is 32.0 Å². The van der Waals surface area contributed by atoms with Crippen molar-refractivity contribution in [3.63, 3.8) is 0 Å². The molecule has 0 saturated carbocycles. The van der Waals surface area contributed by atoms with Crippen molar-refractivity contribution in [1.29, 1.82) is 0 Å². The predicted octanol–water partition coefficient (Wildman–Crippen LogP) is 2.86. The Morgan fingerprint density at radius 2 is 1.81 bits per heavy atom. The van der Waals surface area contributed by atoms with Crippen LogP contribution >= 0.6 is 0 Å². The molecular formula is C19H22N2O4S. The lowest BCUT2D eigenvalue weighted by molar-refractivity contribution is -0.122. The van der Waals surface area contributed by atoms with E-state index in [1.165, 1.54) is 4.31 Å². The SMILES string of the molecule is CCS(=O)(=O)N1C[C@@H](C(=O)Nc2c(C)cccc2C)Oc2ccccc21. The number of sulfonamides is 1. The van der Waals surface area contributed by atoms with Gasteiger partial charge in [0.25, 0.3) is 5.91 Å². The van der Waals surface area contributed by atoms with Gasteiger partial charge in [-0.05, 0) is 44.0 Å². The number of fused-ring (bicyclic) bond motifs is 1. The van der Waals surface area contributed by atoms with E-state index in [0.29, 0.717) is 11.4 Å². The summed E-state index contributed by atoms with van der Waals surface area (Å²) in [5.41, 5.74) is 3.07. The zero-order valence-electron chi connectivity index (χ0n) is 15.0. The molecule has 0 fully saturated rings. The number of benzene rings is 2. The third-order valence-corrected chi connectivity index (χ3v) is 6.20. The number of carbonyl (C=O) groups excluding carboxylic acids is 1. The maximum Gasteiger partial charge on any atom is 0.267 e. The van der Waals surface area contributed by atoms with Gasteiger partial charge in [0.1, 0.15) is 5.75 Å². The van der Waals surface area contributed by atoms with E-state index >= 15 is 0 Å². The predicted molar refractivity (Wildman–Crippen MR) is 102 cm³/mol. The van der Waals surface area contributed by atoms with Crippen molar-refractivity contribution in [1.82, 2.24) is 0 Å². The number of hydrogen-bond donors (Lipinski definition) is 1. The minimum absolute atomic E-state index is 0.0490. The summed E-state index contributed by atoms with van der Waals surface area (Å²) in [4.78, 5) is 12.8. The van der Waals surface area contributed by atoms with Gasteiger partial charge in [-0.15, -0.1) is 0 Å². The standard InChI is InChI=1S/C19H22N2O4S/c1-4-26(23,24)21-12-17(25-16-11-6-5-10-15(16)21)19(22)20-18-13(2)8-7-9-14(18)3/h5-11,17H,4,12H2,1-3H3,(H,20,22)/t17-/m0/s1. The van der Waals surface area contributed by atoms with E-state index in [2.05, 4.69) is 5.32 Å². The molecule has 0 radical (unpaired) electrons. The molecule has 7 heteroatoms. The normalized spacial score (nSPS) is 16.6. The quantitative estimate of drug-likeness (QED) is 0.893. The van der Waals surface area contributed by atoms with Crippen LogP contribution in [-0.2, 0) is 14.8 Å². The Kier molecular flexibility index (Phi) is 4.91. The van der Waals surface area contributed by atoms with Gasteiger partial charge in [0.05, 0.1) is 18.0 Å². The zero-order valence-corrected chi connectivity index (χ0v) is 15.8. The second kappa shape index (κ2) is 6.99. The van der Waals surface area contributed by atoms with Crippen LogP contribution in [0.25, 0.3) is 0 Å². The van der Waals surface area contributed by atoms with Crippen LogP contribution in [0.15, 0.2) is 42.5 Å². The number of anilines is 2. The Morgan fingerprint density at radius 3 is 2.46 bits per heavy atom. The summed E-state index contributed by atoms with van der Waals surface area (Å²) in [5, 5.41) is 2.88. The number of para-hydroxylation sites is 3. The third kappa shape index (κ3) is 3.39. The molecule has 1 aliphatic rings. The zero-order chi connectivity index (χ0) is 18.9. The molecule has 138 valence electrons. The van der Waals surface area contributed by atoms with Crippen molar-refractivity contribution in [2.45, 2.75) is 26.9 Å². The molecule has 3 rings (SSSR count). The van der Waals surface area contributed by atoms with Crippen LogP contribution in [0.3, 0.4) is 0 Å². The van der Waals surface area contributed by atoms with Gasteiger partial charge in [-0.25, -0.2) is 8.42 Å². The van der Waals surface area contributed by atoms with Gasteiger partial charge >= 0.3 is 0 Å². The molecule has 1 atom stereocenters. The fourth-order valence-electron chi connectivity index (χ4n) is 2.97. The second-order valence-corrected chi connectivity index (χ2v) is 8.44. The summed E-state index contributed by atoms with van der Waals surface area (Å²) in [5.74, 6) is -0.0299. The minimum atomic E-state index is -3.52. The maximum atomic E-state index is 12.8. The summed E-state index contributed by atoms with van der Waals surface area (Å²) in [6.45, 7) is 5.35. The van der Waals surface area contributed by atoms with E-state index in [4.69, 9.17) is 4.74 Å². The molecule has 1 aliphatic heterocycles. The number of amides is 1. The molecule has 2 aromatic carbocycles. The van der Waals surface area contributed by atoms with Gasteiger partial charge in [0, 0.05) is 5.69 Å². The van der Waals surface area contributed by atoms with E-state index in [9.17, 15) is 13.2 Å². The topological polar surface area (TPSA) is 75.7 Å². The lowest BCUT2D eigenvalue weighted by Crippen LogP contribution is -2.49. The van der Waals surface area contributed by atoms with Gasteiger partial charge in [-0.1, -0.05) is 30.3 Å². The van der Waals surface area contributed by atoms with Crippen LogP contribution in [0.5, 0.6) is 5.75 Å². The molecule has 0 unspecified atom stereocenters. The average Bonchev–Trinajstić information content (AvgIpc) is 2.63. The fraction of sp³-hybridized carbons (Fsp3) is 0.316. The smallest absolute Gasteiger partial charge is 0.267 e. The molecule has 0 aliphatic carbocycles. The highest BCUT2D eigenvalue weighted by Gasteiger charge is 2.36. The molecule has 6 nitrogen and oxygen atoms in total. The largest absolute Gasteiger partial charge is 0.476 e. The third-order valence-electron chi connectivity index (χ3n) is 4.46. The summed E-state index contributed by atoms with van der Waals surface area (Å²) in [6, 6.07) is 12.6. The molecular weight excluding hydrogens is 352 g/mol. The molecule has 1 heterocycles. The Balaban J connectivity index is 1.91. The first kappa shape index (κ1) is 18.3. The van der Waals surface area contributed by atoms with Gasteiger partial charge in [0.2, 0.25) is 10.0 Å². The molecule has 1 amide bonds. The minimum Gasteiger partial charge on any atom is -0.476 e. The summed E-state index contributed by atoms with van der Waals surface area (Å²) in [6.07, 6.45) is -0.926. The van der Waals surface area contributed by atoms with Crippen LogP contribution in [0.1, 0.15) is 18.1 Å². The fourth-order valence-corrected chi connectivity index (χ4v) is 4.10. The molecule has 0 bridgehead atoms. The Morgan fingerprint density at radius 1 is 1.15 bits per heavy atom. The maximum absolute atomic E-state index is 12.8. The first-order chi connectivity index (χ1) is 12.3. The highest BCUT2D eigenvalue weighted by atomic mass is 32.2. The van der Waals surface area contributed by atoms with Crippen molar-refractivity contribution in [2.75, 3.05) is 21.9 Å². The van der Waals surface area contributed by atoms with Crippen LogP contribution < -0.4 is 14.4 Å². The summed E-state index contributed by atoms with van der Waals surface area (Å²) < 4.78 is 32.0. The van der Waals surface area contributed by atoms with Crippen LogP contribution in [0, 0.1) is 13.8 Å². The van der Waals surface area contributed by atoms with Gasteiger partial charge < -0.3 is 10.1 Å². The molecule has 26 heavy (non-hydrogen) atoms. The van der Waals surface area contributed by atoms with Crippen molar-refractivity contribution in [2.24, 2.45) is 0 Å². The number of carbonyl (C=O) groups is 1. The summed E-state index contributed by atoms with van der Waals surface area (Å²) >= 11 is 0. The summed E-state index contributed by atoms with van der Waals surface area (Å²) in [7, 11) is -3.52. The molecule has 2 aromatic rings. The van der Waals surface area contributed by atoms with E-state index in [0.717, 1.165) is 16.8 Å². The molecule has 0 aromatic heterocycles. The Bertz CT molecular complexity index is 920. The number of nitrogens with zero attached hydrogens (tertiary/aromatic N) is 1. The lowest BCUT2D eigenvalue weighted by atomic mass is 10.1. The molecule has 0 spiro atoms. The van der Waals surface area contributed by atoms with Gasteiger partial charge in [-0.2, -0.15) is 0 Å². The van der Waals surface area contributed by atoms with Crippen molar-refractivity contribution in [3.8, 4) is 5.75 Å². The number of nitrogens with one attached hydrogen (secondary N) is 1. The Hall–Kier alpha value is -2.54. The second-order valence-electron chi connectivity index (χ2n) is 6.26. The number of rotatable bonds is 4.